The topological polar surface area (TPSA) is 54.5 Å². The normalized spacial score (nSPS) is 13.5. The molecule has 0 radical (unpaired) electrons. The summed E-state index contributed by atoms with van der Waals surface area (Å²) in [5.74, 6) is 0.679. The molecule has 5 heteroatoms. The molecular formula is C18H19N3O2. The van der Waals surface area contributed by atoms with Crippen LogP contribution in [0.4, 0.5) is 5.69 Å². The Morgan fingerprint density at radius 3 is 2.70 bits per heavy atom. The number of rotatable bonds is 4. The summed E-state index contributed by atoms with van der Waals surface area (Å²) in [7, 11) is 0. The Balaban J connectivity index is 1.68. The van der Waals surface area contributed by atoms with Crippen LogP contribution in [0.15, 0.2) is 54.4 Å². The number of nitrogens with one attached hydrogen (secondary N) is 1. The van der Waals surface area contributed by atoms with Crippen molar-refractivity contribution in [3.63, 3.8) is 0 Å². The molecule has 1 aromatic carbocycles. The van der Waals surface area contributed by atoms with E-state index in [4.69, 9.17) is 4.74 Å². The number of hydrogen-bond acceptors (Lipinski definition) is 4. The number of anilines is 1. The summed E-state index contributed by atoms with van der Waals surface area (Å²) in [6.07, 6.45) is 1.95. The molecule has 0 bridgehead atoms. The van der Waals surface area contributed by atoms with Gasteiger partial charge in [0.2, 0.25) is 0 Å². The van der Waals surface area contributed by atoms with E-state index in [2.05, 4.69) is 10.3 Å². The number of aryl methyl sites for hydroxylation is 1. The van der Waals surface area contributed by atoms with Gasteiger partial charge < -0.3 is 15.0 Å². The highest BCUT2D eigenvalue weighted by Gasteiger charge is 2.13. The lowest BCUT2D eigenvalue weighted by atomic mass is 10.2. The van der Waals surface area contributed by atoms with Gasteiger partial charge in [0.1, 0.15) is 11.5 Å². The molecule has 1 amide bonds. The lowest BCUT2D eigenvalue weighted by molar-refractivity contribution is 0.102. The van der Waals surface area contributed by atoms with Crippen LogP contribution in [0.5, 0.6) is 0 Å². The molecule has 23 heavy (non-hydrogen) atoms. The molecule has 0 fully saturated rings. The predicted octanol–water partition coefficient (Wildman–Crippen LogP) is 3.29. The summed E-state index contributed by atoms with van der Waals surface area (Å²) in [5.41, 5.74) is 3.15. The molecule has 1 aliphatic heterocycles. The number of allylic oxidation sites excluding steroid dienone is 1. The van der Waals surface area contributed by atoms with Gasteiger partial charge in [-0.15, -0.1) is 0 Å². The number of aromatic nitrogens is 1. The molecule has 2 heterocycles. The molecule has 3 rings (SSSR count). The summed E-state index contributed by atoms with van der Waals surface area (Å²) < 4.78 is 5.38. The second-order valence-corrected chi connectivity index (χ2v) is 5.59. The lowest BCUT2D eigenvalue weighted by Crippen LogP contribution is -2.18. The van der Waals surface area contributed by atoms with Crippen LogP contribution in [0.25, 0.3) is 0 Å². The molecule has 2 aromatic rings. The van der Waals surface area contributed by atoms with Crippen molar-refractivity contribution in [1.29, 1.82) is 0 Å². The quantitative estimate of drug-likeness (QED) is 0.941. The zero-order valence-corrected chi connectivity index (χ0v) is 13.2. The number of benzene rings is 1. The van der Waals surface area contributed by atoms with Crippen molar-refractivity contribution in [2.45, 2.75) is 20.4 Å². The van der Waals surface area contributed by atoms with E-state index in [1.54, 1.807) is 6.07 Å². The predicted molar refractivity (Wildman–Crippen MR) is 88.6 cm³/mol. The summed E-state index contributed by atoms with van der Waals surface area (Å²) in [6.45, 7) is 5.06. The maximum atomic E-state index is 12.3. The van der Waals surface area contributed by atoms with Crippen LogP contribution in [0.2, 0.25) is 0 Å². The first-order valence-electron chi connectivity index (χ1n) is 7.49. The van der Waals surface area contributed by atoms with E-state index in [0.29, 0.717) is 19.0 Å². The van der Waals surface area contributed by atoms with E-state index in [-0.39, 0.29) is 5.91 Å². The Morgan fingerprint density at radius 2 is 2.00 bits per heavy atom. The number of carbonyl (C=O) groups is 1. The first-order chi connectivity index (χ1) is 11.1. The first-order valence-corrected chi connectivity index (χ1v) is 7.49. The van der Waals surface area contributed by atoms with Gasteiger partial charge in [-0.25, -0.2) is 4.98 Å². The molecular weight excluding hydrogens is 290 g/mol. The molecule has 0 saturated carbocycles. The van der Waals surface area contributed by atoms with Gasteiger partial charge in [0.05, 0.1) is 12.2 Å². The average molecular weight is 309 g/mol. The molecule has 5 nitrogen and oxygen atoms in total. The highest BCUT2D eigenvalue weighted by Crippen LogP contribution is 2.14. The molecule has 1 aromatic heterocycles. The van der Waals surface area contributed by atoms with Gasteiger partial charge in [0.25, 0.3) is 5.91 Å². The molecule has 0 aliphatic carbocycles. The maximum Gasteiger partial charge on any atom is 0.274 e. The fraction of sp³-hybridized carbons (Fsp3) is 0.222. The maximum absolute atomic E-state index is 12.3. The van der Waals surface area contributed by atoms with E-state index in [9.17, 15) is 4.79 Å². The molecule has 0 atom stereocenters. The lowest BCUT2D eigenvalue weighted by Gasteiger charge is -2.13. The molecule has 118 valence electrons. The zero-order valence-electron chi connectivity index (χ0n) is 13.2. The van der Waals surface area contributed by atoms with Crippen LogP contribution >= 0.6 is 0 Å². The minimum Gasteiger partial charge on any atom is -0.476 e. The zero-order chi connectivity index (χ0) is 16.2. The highest BCUT2D eigenvalue weighted by atomic mass is 16.5. The second-order valence-electron chi connectivity index (χ2n) is 5.59. The van der Waals surface area contributed by atoms with Crippen LogP contribution in [-0.4, -0.2) is 22.5 Å². The third-order valence-electron chi connectivity index (χ3n) is 3.54. The number of carbonyl (C=O) groups excluding carboxylic acids is 1. The van der Waals surface area contributed by atoms with Crippen LogP contribution in [0.1, 0.15) is 28.7 Å². The standard InChI is InChI=1S/C18H19N3O2/c1-13-6-8-15(9-7-13)20-18(22)17-5-3-4-16(19-17)11-21-10-14(2)23-12-21/h3-10H,11-12H2,1-2H3,(H,20,22). The van der Waals surface area contributed by atoms with E-state index < -0.39 is 0 Å². The molecule has 1 N–H and O–H groups in total. The van der Waals surface area contributed by atoms with E-state index >= 15 is 0 Å². The molecule has 0 unspecified atom stereocenters. The van der Waals surface area contributed by atoms with Gasteiger partial charge in [0.15, 0.2) is 6.73 Å². The molecule has 1 aliphatic rings. The van der Waals surface area contributed by atoms with Crippen molar-refractivity contribution in [3.05, 3.63) is 71.4 Å². The van der Waals surface area contributed by atoms with Crippen molar-refractivity contribution in [2.24, 2.45) is 0 Å². The van der Waals surface area contributed by atoms with Crippen molar-refractivity contribution >= 4 is 11.6 Å². The minimum atomic E-state index is -0.208. The third-order valence-corrected chi connectivity index (χ3v) is 3.54. The summed E-state index contributed by atoms with van der Waals surface area (Å²) in [6, 6.07) is 13.2. The van der Waals surface area contributed by atoms with Crippen LogP contribution in [-0.2, 0) is 11.3 Å². The Bertz CT molecular complexity index is 738. The van der Waals surface area contributed by atoms with Crippen LogP contribution < -0.4 is 5.32 Å². The monoisotopic (exact) mass is 309 g/mol. The van der Waals surface area contributed by atoms with Gasteiger partial charge in [-0.2, -0.15) is 0 Å². The average Bonchev–Trinajstić information content (AvgIpc) is 2.95. The summed E-state index contributed by atoms with van der Waals surface area (Å²) in [4.78, 5) is 18.8. The number of amides is 1. The van der Waals surface area contributed by atoms with Crippen molar-refractivity contribution in [3.8, 4) is 0 Å². The number of nitrogens with zero attached hydrogens (tertiary/aromatic N) is 2. The minimum absolute atomic E-state index is 0.208. The number of hydrogen-bond donors (Lipinski definition) is 1. The number of ether oxygens (including phenoxy) is 1. The van der Waals surface area contributed by atoms with Crippen LogP contribution in [0, 0.1) is 6.92 Å². The van der Waals surface area contributed by atoms with E-state index in [1.807, 2.05) is 61.3 Å². The van der Waals surface area contributed by atoms with Crippen LogP contribution in [0.3, 0.4) is 0 Å². The Morgan fingerprint density at radius 1 is 1.22 bits per heavy atom. The Labute approximate surface area is 135 Å². The van der Waals surface area contributed by atoms with Crippen molar-refractivity contribution in [2.75, 3.05) is 12.0 Å². The second kappa shape index (κ2) is 6.52. The van der Waals surface area contributed by atoms with Gasteiger partial charge in [-0.1, -0.05) is 23.8 Å². The van der Waals surface area contributed by atoms with Gasteiger partial charge >= 0.3 is 0 Å². The first kappa shape index (κ1) is 15.1. The molecule has 0 spiro atoms. The van der Waals surface area contributed by atoms with Crippen molar-refractivity contribution in [1.82, 2.24) is 9.88 Å². The molecule has 0 saturated heterocycles. The SMILES string of the molecule is CC1=CN(Cc2cccc(C(=O)Nc3ccc(C)cc3)n2)CO1. The largest absolute Gasteiger partial charge is 0.476 e. The fourth-order valence-corrected chi connectivity index (χ4v) is 2.34. The Hall–Kier alpha value is -2.82. The van der Waals surface area contributed by atoms with E-state index in [0.717, 1.165) is 22.7 Å². The van der Waals surface area contributed by atoms with Gasteiger partial charge in [-0.3, -0.25) is 4.79 Å². The summed E-state index contributed by atoms with van der Waals surface area (Å²) >= 11 is 0. The number of pyridine rings is 1. The highest BCUT2D eigenvalue weighted by molar-refractivity contribution is 6.02. The smallest absolute Gasteiger partial charge is 0.274 e. The summed E-state index contributed by atoms with van der Waals surface area (Å²) in [5, 5.41) is 2.86. The van der Waals surface area contributed by atoms with E-state index in [1.165, 1.54) is 0 Å². The van der Waals surface area contributed by atoms with Crippen molar-refractivity contribution < 1.29 is 9.53 Å². The fourth-order valence-electron chi connectivity index (χ4n) is 2.34. The Kier molecular flexibility index (Phi) is 4.28. The van der Waals surface area contributed by atoms with Gasteiger partial charge in [0, 0.05) is 11.9 Å². The third kappa shape index (κ3) is 3.88. The van der Waals surface area contributed by atoms with Gasteiger partial charge in [-0.05, 0) is 38.1 Å².